The van der Waals surface area contributed by atoms with Crippen molar-refractivity contribution >= 4 is 5.71 Å². The maximum absolute atomic E-state index is 9.91. The highest BCUT2D eigenvalue weighted by atomic mass is 15.5. The second kappa shape index (κ2) is 6.36. The lowest BCUT2D eigenvalue weighted by Crippen LogP contribution is -2.39. The van der Waals surface area contributed by atoms with Crippen LogP contribution in [0, 0.1) is 25.2 Å². The molecule has 1 aliphatic heterocycles. The van der Waals surface area contributed by atoms with Gasteiger partial charge < -0.3 is 0 Å². The number of aromatic nitrogens is 2. The molecule has 0 spiro atoms. The van der Waals surface area contributed by atoms with Gasteiger partial charge in [0.15, 0.2) is 6.04 Å². The summed E-state index contributed by atoms with van der Waals surface area (Å²) in [5, 5.41) is 21.2. The van der Waals surface area contributed by atoms with E-state index < -0.39 is 6.04 Å². The van der Waals surface area contributed by atoms with Crippen LogP contribution < -0.4 is 0 Å². The van der Waals surface area contributed by atoms with E-state index in [9.17, 15) is 5.26 Å². The third kappa shape index (κ3) is 3.17. The van der Waals surface area contributed by atoms with Crippen LogP contribution in [0.15, 0.2) is 35.4 Å². The maximum Gasteiger partial charge on any atom is 0.162 e. The minimum absolute atomic E-state index is 0.162. The second-order valence-corrected chi connectivity index (χ2v) is 7.43. The van der Waals surface area contributed by atoms with Gasteiger partial charge in [-0.25, -0.2) is 0 Å². The van der Waals surface area contributed by atoms with Gasteiger partial charge in [-0.15, -0.1) is 0 Å². The number of hydrazone groups is 1. The van der Waals surface area contributed by atoms with Crippen LogP contribution in [0.4, 0.5) is 0 Å². The Bertz CT molecular complexity index is 839. The lowest BCUT2D eigenvalue weighted by molar-refractivity contribution is 0.122. The summed E-state index contributed by atoms with van der Waals surface area (Å²) in [4.78, 5) is 0. The van der Waals surface area contributed by atoms with E-state index in [0.717, 1.165) is 29.1 Å². The van der Waals surface area contributed by atoms with Gasteiger partial charge in [-0.1, -0.05) is 30.3 Å². The van der Waals surface area contributed by atoms with Crippen LogP contribution in [-0.2, 0) is 6.54 Å². The van der Waals surface area contributed by atoms with Crippen molar-refractivity contribution in [3.63, 3.8) is 0 Å². The van der Waals surface area contributed by atoms with E-state index >= 15 is 0 Å². The smallest absolute Gasteiger partial charge is 0.162 e. The fourth-order valence-corrected chi connectivity index (χ4v) is 3.73. The molecule has 25 heavy (non-hydrogen) atoms. The molecule has 0 radical (unpaired) electrons. The van der Waals surface area contributed by atoms with Gasteiger partial charge in [0, 0.05) is 23.4 Å². The first-order valence-corrected chi connectivity index (χ1v) is 8.64. The van der Waals surface area contributed by atoms with Gasteiger partial charge in [0.05, 0.1) is 23.8 Å². The van der Waals surface area contributed by atoms with Crippen molar-refractivity contribution in [3.8, 4) is 6.07 Å². The van der Waals surface area contributed by atoms with Crippen molar-refractivity contribution < 1.29 is 0 Å². The average molecular weight is 335 g/mol. The Labute approximate surface area is 149 Å². The van der Waals surface area contributed by atoms with Gasteiger partial charge in [-0.2, -0.15) is 15.5 Å². The molecule has 0 saturated carbocycles. The predicted molar refractivity (Wildman–Crippen MR) is 99.2 cm³/mol. The number of benzene rings is 1. The summed E-state index contributed by atoms with van der Waals surface area (Å²) in [5.74, 6) is 0. The summed E-state index contributed by atoms with van der Waals surface area (Å²) in [6.45, 7) is 11.0. The largest absolute Gasteiger partial charge is 0.269 e. The van der Waals surface area contributed by atoms with E-state index in [1.807, 2.05) is 48.7 Å². The molecular weight excluding hydrogens is 310 g/mol. The number of rotatable bonds is 4. The Morgan fingerprint density at radius 1 is 1.20 bits per heavy atom. The number of hydrogen-bond acceptors (Lipinski definition) is 4. The number of nitrogens with zero attached hydrogens (tertiary/aromatic N) is 5. The molecule has 1 aliphatic rings. The summed E-state index contributed by atoms with van der Waals surface area (Å²) < 4.78 is 1.99. The zero-order valence-electron chi connectivity index (χ0n) is 15.6. The fraction of sp³-hybridized carbons (Fsp3) is 0.450. The van der Waals surface area contributed by atoms with Gasteiger partial charge in [-0.05, 0) is 40.2 Å². The third-order valence-electron chi connectivity index (χ3n) is 4.84. The zero-order chi connectivity index (χ0) is 18.2. The molecule has 2 heterocycles. The van der Waals surface area contributed by atoms with Crippen LogP contribution in [-0.4, -0.2) is 26.0 Å². The number of aryl methyl sites for hydroxylation is 1. The maximum atomic E-state index is 9.91. The minimum atomic E-state index is -0.419. The summed E-state index contributed by atoms with van der Waals surface area (Å²) in [5.41, 5.74) is 5.01. The molecule has 0 amide bonds. The summed E-state index contributed by atoms with van der Waals surface area (Å²) in [6.07, 6.45) is 0.876. The topological polar surface area (TPSA) is 57.2 Å². The van der Waals surface area contributed by atoms with Crippen LogP contribution in [0.2, 0.25) is 0 Å². The molecule has 0 N–H and O–H groups in total. The highest BCUT2D eigenvalue weighted by molar-refractivity contribution is 5.84. The van der Waals surface area contributed by atoms with Gasteiger partial charge >= 0.3 is 0 Å². The van der Waals surface area contributed by atoms with E-state index in [0.29, 0.717) is 6.54 Å². The molecule has 5 nitrogen and oxygen atoms in total. The highest BCUT2D eigenvalue weighted by Crippen LogP contribution is 2.37. The van der Waals surface area contributed by atoms with Gasteiger partial charge in [0.25, 0.3) is 0 Å². The van der Waals surface area contributed by atoms with Crippen molar-refractivity contribution in [1.29, 1.82) is 5.26 Å². The van der Waals surface area contributed by atoms with E-state index in [1.54, 1.807) is 0 Å². The molecule has 2 aromatic rings. The Kier molecular flexibility index (Phi) is 4.38. The first kappa shape index (κ1) is 17.2. The first-order valence-electron chi connectivity index (χ1n) is 8.64. The van der Waals surface area contributed by atoms with Crippen LogP contribution in [0.25, 0.3) is 0 Å². The lowest BCUT2D eigenvalue weighted by Gasteiger charge is -2.34. The van der Waals surface area contributed by atoms with E-state index in [1.165, 1.54) is 5.56 Å². The number of hydrogen-bond donors (Lipinski definition) is 0. The second-order valence-electron chi connectivity index (χ2n) is 7.43. The van der Waals surface area contributed by atoms with E-state index in [2.05, 4.69) is 37.2 Å². The Morgan fingerprint density at radius 2 is 1.88 bits per heavy atom. The Balaban J connectivity index is 1.98. The fourth-order valence-electron chi connectivity index (χ4n) is 3.73. The third-order valence-corrected chi connectivity index (χ3v) is 4.84. The van der Waals surface area contributed by atoms with Crippen LogP contribution in [0.3, 0.4) is 0 Å². The SMILES string of the molecule is CC1=NN([C@H](C#N)c2c(C)nn(Cc3ccccc3)c2C)C(C)(C)C1. The molecule has 1 aromatic heterocycles. The Morgan fingerprint density at radius 3 is 2.44 bits per heavy atom. The molecule has 0 fully saturated rings. The monoisotopic (exact) mass is 335 g/mol. The summed E-state index contributed by atoms with van der Waals surface area (Å²) in [6, 6.07) is 12.3. The molecule has 0 aliphatic carbocycles. The van der Waals surface area contributed by atoms with Crippen molar-refractivity contribution in [1.82, 2.24) is 14.8 Å². The molecule has 0 unspecified atom stereocenters. The zero-order valence-corrected chi connectivity index (χ0v) is 15.6. The van der Waals surface area contributed by atoms with Gasteiger partial charge in [0.2, 0.25) is 0 Å². The van der Waals surface area contributed by atoms with Crippen molar-refractivity contribution in [3.05, 3.63) is 52.8 Å². The molecule has 0 saturated heterocycles. The molecule has 130 valence electrons. The quantitative estimate of drug-likeness (QED) is 0.849. The number of nitriles is 1. The van der Waals surface area contributed by atoms with Gasteiger partial charge in [0.1, 0.15) is 0 Å². The molecule has 5 heteroatoms. The van der Waals surface area contributed by atoms with Gasteiger partial charge in [-0.3, -0.25) is 9.69 Å². The lowest BCUT2D eigenvalue weighted by atomic mass is 9.95. The predicted octanol–water partition coefficient (Wildman–Crippen LogP) is 3.97. The van der Waals surface area contributed by atoms with Crippen LogP contribution >= 0.6 is 0 Å². The molecular formula is C20H25N5. The van der Waals surface area contributed by atoms with Crippen molar-refractivity contribution in [2.75, 3.05) is 0 Å². The summed E-state index contributed by atoms with van der Waals surface area (Å²) >= 11 is 0. The molecule has 3 rings (SSSR count). The normalized spacial score (nSPS) is 17.3. The van der Waals surface area contributed by atoms with E-state index in [-0.39, 0.29) is 5.54 Å². The van der Waals surface area contributed by atoms with Crippen LogP contribution in [0.1, 0.15) is 55.7 Å². The Hall–Kier alpha value is -2.61. The van der Waals surface area contributed by atoms with Crippen LogP contribution in [0.5, 0.6) is 0 Å². The standard InChI is InChI=1S/C20H25N5/c1-14-11-20(4,5)25(22-14)18(12-21)19-15(2)23-24(16(19)3)13-17-9-7-6-8-10-17/h6-10,18H,11,13H2,1-5H3/t18-/m1/s1. The average Bonchev–Trinajstić information content (AvgIpc) is 2.98. The minimum Gasteiger partial charge on any atom is -0.269 e. The molecule has 1 aromatic carbocycles. The molecule has 0 bridgehead atoms. The first-order chi connectivity index (χ1) is 11.8. The van der Waals surface area contributed by atoms with Crippen molar-refractivity contribution in [2.24, 2.45) is 5.10 Å². The van der Waals surface area contributed by atoms with Crippen molar-refractivity contribution in [2.45, 2.75) is 59.2 Å². The van der Waals surface area contributed by atoms with E-state index in [4.69, 9.17) is 5.10 Å². The molecule has 1 atom stereocenters. The highest BCUT2D eigenvalue weighted by Gasteiger charge is 2.39. The summed E-state index contributed by atoms with van der Waals surface area (Å²) in [7, 11) is 0.